The Hall–Kier alpha value is -1.26. The number of carboxylic acids is 1. The van der Waals surface area contributed by atoms with Crippen molar-refractivity contribution >= 4 is 12.1 Å². The van der Waals surface area contributed by atoms with Gasteiger partial charge in [0.25, 0.3) is 0 Å². The van der Waals surface area contributed by atoms with E-state index in [0.717, 1.165) is 0 Å². The van der Waals surface area contributed by atoms with E-state index in [4.69, 9.17) is 9.84 Å². The van der Waals surface area contributed by atoms with Crippen molar-refractivity contribution in [2.45, 2.75) is 19.8 Å². The number of ether oxygens (including phenoxy) is 1. The van der Waals surface area contributed by atoms with Crippen LogP contribution >= 0.6 is 0 Å². The number of hydrogen-bond donors (Lipinski definition) is 1. The van der Waals surface area contributed by atoms with Crippen molar-refractivity contribution in [3.8, 4) is 0 Å². The van der Waals surface area contributed by atoms with Crippen molar-refractivity contribution in [1.29, 1.82) is 0 Å². The largest absolute Gasteiger partial charge is 0.481 e. The van der Waals surface area contributed by atoms with Crippen molar-refractivity contribution in [1.82, 2.24) is 4.90 Å². The van der Waals surface area contributed by atoms with Gasteiger partial charge in [-0.1, -0.05) is 0 Å². The molecule has 14 heavy (non-hydrogen) atoms. The number of cyclic esters (lactones) is 1. The van der Waals surface area contributed by atoms with Crippen LogP contribution in [0.25, 0.3) is 0 Å². The van der Waals surface area contributed by atoms with Crippen molar-refractivity contribution < 1.29 is 19.4 Å². The van der Waals surface area contributed by atoms with E-state index in [9.17, 15) is 9.59 Å². The molecule has 1 N–H and O–H groups in total. The number of carbonyl (C=O) groups is 2. The first-order valence-corrected chi connectivity index (χ1v) is 4.77. The minimum absolute atomic E-state index is 0.139. The molecule has 0 spiro atoms. The van der Waals surface area contributed by atoms with Gasteiger partial charge in [-0.25, -0.2) is 4.79 Å². The summed E-state index contributed by atoms with van der Waals surface area (Å²) >= 11 is 0. The summed E-state index contributed by atoms with van der Waals surface area (Å²) in [6.45, 7) is 3.45. The fraction of sp³-hybridized carbons (Fsp3) is 0.778. The highest BCUT2D eigenvalue weighted by atomic mass is 16.6. The van der Waals surface area contributed by atoms with Gasteiger partial charge < -0.3 is 14.7 Å². The molecule has 0 bridgehead atoms. The fourth-order valence-electron chi connectivity index (χ4n) is 1.48. The molecule has 1 amide bonds. The normalized spacial score (nSPS) is 21.9. The van der Waals surface area contributed by atoms with Gasteiger partial charge in [-0.05, 0) is 13.3 Å². The number of amides is 1. The van der Waals surface area contributed by atoms with E-state index in [0.29, 0.717) is 26.1 Å². The predicted molar refractivity (Wildman–Crippen MR) is 49.0 cm³/mol. The van der Waals surface area contributed by atoms with Crippen molar-refractivity contribution in [3.05, 3.63) is 0 Å². The van der Waals surface area contributed by atoms with Crippen LogP contribution in [0.4, 0.5) is 4.79 Å². The average Bonchev–Trinajstić information content (AvgIpc) is 2.16. The molecule has 1 atom stereocenters. The Morgan fingerprint density at radius 2 is 2.43 bits per heavy atom. The van der Waals surface area contributed by atoms with Gasteiger partial charge in [-0.2, -0.15) is 0 Å². The van der Waals surface area contributed by atoms with Crippen LogP contribution in [-0.2, 0) is 9.53 Å². The number of rotatable bonds is 4. The van der Waals surface area contributed by atoms with Gasteiger partial charge in [0.2, 0.25) is 0 Å². The van der Waals surface area contributed by atoms with E-state index in [2.05, 4.69) is 0 Å². The predicted octanol–water partition coefficient (Wildman–Crippen LogP) is 0.940. The lowest BCUT2D eigenvalue weighted by Crippen LogP contribution is -2.42. The molecule has 1 heterocycles. The van der Waals surface area contributed by atoms with Crippen molar-refractivity contribution in [3.63, 3.8) is 0 Å². The molecule has 1 saturated heterocycles. The van der Waals surface area contributed by atoms with Crippen LogP contribution in [0.3, 0.4) is 0 Å². The molecular formula is C9H15NO4. The molecular weight excluding hydrogens is 186 g/mol. The van der Waals surface area contributed by atoms with Crippen molar-refractivity contribution in [2.24, 2.45) is 5.92 Å². The van der Waals surface area contributed by atoms with E-state index in [1.807, 2.05) is 6.92 Å². The van der Waals surface area contributed by atoms with Gasteiger partial charge in [0.1, 0.15) is 0 Å². The third kappa shape index (κ3) is 2.90. The third-order valence-electron chi connectivity index (χ3n) is 2.33. The van der Waals surface area contributed by atoms with E-state index >= 15 is 0 Å². The lowest BCUT2D eigenvalue weighted by Gasteiger charge is -2.31. The Morgan fingerprint density at radius 3 is 3.00 bits per heavy atom. The SMILES string of the molecule is CCN1CC(CCC(=O)O)COC1=O. The number of carboxylic acid groups (broad SMARTS) is 1. The lowest BCUT2D eigenvalue weighted by atomic mass is 10.0. The summed E-state index contributed by atoms with van der Waals surface area (Å²) in [4.78, 5) is 23.0. The molecule has 0 aromatic heterocycles. The van der Waals surface area contributed by atoms with Gasteiger partial charge in [-0.15, -0.1) is 0 Å². The molecule has 80 valence electrons. The van der Waals surface area contributed by atoms with Crippen LogP contribution in [0.1, 0.15) is 19.8 Å². The molecule has 0 aromatic rings. The number of hydrogen-bond acceptors (Lipinski definition) is 3. The van der Waals surface area contributed by atoms with E-state index in [1.54, 1.807) is 4.90 Å². The van der Waals surface area contributed by atoms with Crippen LogP contribution in [0.5, 0.6) is 0 Å². The molecule has 1 unspecified atom stereocenters. The Balaban J connectivity index is 2.34. The smallest absolute Gasteiger partial charge is 0.409 e. The third-order valence-corrected chi connectivity index (χ3v) is 2.33. The summed E-state index contributed by atoms with van der Waals surface area (Å²) in [7, 11) is 0. The quantitative estimate of drug-likeness (QED) is 0.735. The summed E-state index contributed by atoms with van der Waals surface area (Å²) in [5.74, 6) is -0.645. The average molecular weight is 201 g/mol. The second kappa shape index (κ2) is 4.83. The zero-order chi connectivity index (χ0) is 10.6. The van der Waals surface area contributed by atoms with Gasteiger partial charge in [0.15, 0.2) is 0 Å². The van der Waals surface area contributed by atoms with Crippen molar-refractivity contribution in [2.75, 3.05) is 19.7 Å². The summed E-state index contributed by atoms with van der Waals surface area (Å²) in [6.07, 6.45) is 0.415. The fourth-order valence-corrected chi connectivity index (χ4v) is 1.48. The summed E-state index contributed by atoms with van der Waals surface area (Å²) in [5, 5.41) is 8.50. The Labute approximate surface area is 82.6 Å². The highest BCUT2D eigenvalue weighted by molar-refractivity contribution is 5.68. The first kappa shape index (κ1) is 10.8. The second-order valence-corrected chi connectivity index (χ2v) is 3.41. The lowest BCUT2D eigenvalue weighted by molar-refractivity contribution is -0.137. The van der Waals surface area contributed by atoms with Crippen LogP contribution < -0.4 is 0 Å². The highest BCUT2D eigenvalue weighted by Gasteiger charge is 2.25. The molecule has 0 aliphatic carbocycles. The monoisotopic (exact) mass is 201 g/mol. The van der Waals surface area contributed by atoms with Crippen LogP contribution in [0.2, 0.25) is 0 Å². The molecule has 0 saturated carbocycles. The number of nitrogens with zero attached hydrogens (tertiary/aromatic N) is 1. The molecule has 1 aliphatic rings. The van der Waals surface area contributed by atoms with Gasteiger partial charge in [0, 0.05) is 25.4 Å². The summed E-state index contributed by atoms with van der Waals surface area (Å²) in [5.41, 5.74) is 0. The zero-order valence-electron chi connectivity index (χ0n) is 8.23. The van der Waals surface area contributed by atoms with E-state index in [-0.39, 0.29) is 18.4 Å². The molecule has 0 radical (unpaired) electrons. The summed E-state index contributed by atoms with van der Waals surface area (Å²) < 4.78 is 4.92. The molecule has 0 aromatic carbocycles. The Morgan fingerprint density at radius 1 is 1.71 bits per heavy atom. The minimum atomic E-state index is -0.801. The van der Waals surface area contributed by atoms with Crippen LogP contribution in [0, 0.1) is 5.92 Å². The maximum Gasteiger partial charge on any atom is 0.409 e. The first-order valence-electron chi connectivity index (χ1n) is 4.77. The van der Waals surface area contributed by atoms with Gasteiger partial charge in [0.05, 0.1) is 6.61 Å². The van der Waals surface area contributed by atoms with Gasteiger partial charge in [-0.3, -0.25) is 4.79 Å². The molecule has 1 rings (SSSR count). The van der Waals surface area contributed by atoms with Gasteiger partial charge >= 0.3 is 12.1 Å². The standard InChI is InChI=1S/C9H15NO4/c1-2-10-5-7(3-4-8(11)12)6-14-9(10)13/h7H,2-6H2,1H3,(H,11,12). The highest BCUT2D eigenvalue weighted by Crippen LogP contribution is 2.15. The zero-order valence-corrected chi connectivity index (χ0v) is 8.23. The minimum Gasteiger partial charge on any atom is -0.481 e. The molecule has 5 nitrogen and oxygen atoms in total. The Bertz CT molecular complexity index is 229. The number of aliphatic carboxylic acids is 1. The maximum atomic E-state index is 11.1. The summed E-state index contributed by atoms with van der Waals surface area (Å²) in [6, 6.07) is 0. The van der Waals surface area contributed by atoms with Crippen LogP contribution in [0.15, 0.2) is 0 Å². The second-order valence-electron chi connectivity index (χ2n) is 3.41. The topological polar surface area (TPSA) is 66.8 Å². The van der Waals surface area contributed by atoms with E-state index in [1.165, 1.54) is 0 Å². The molecule has 1 fully saturated rings. The number of carbonyl (C=O) groups excluding carboxylic acids is 1. The van der Waals surface area contributed by atoms with Crippen LogP contribution in [-0.4, -0.2) is 41.8 Å². The molecule has 1 aliphatic heterocycles. The maximum absolute atomic E-state index is 11.1. The van der Waals surface area contributed by atoms with E-state index < -0.39 is 5.97 Å². The Kier molecular flexibility index (Phi) is 3.73. The molecule has 5 heteroatoms. The first-order chi connectivity index (χ1) is 6.63.